The van der Waals surface area contributed by atoms with Crippen LogP contribution >= 0.6 is 0 Å². The summed E-state index contributed by atoms with van der Waals surface area (Å²) in [6, 6.07) is 7.75. The van der Waals surface area contributed by atoms with Gasteiger partial charge in [0.05, 0.1) is 7.11 Å². The van der Waals surface area contributed by atoms with Crippen molar-refractivity contribution >= 4 is 0 Å². The van der Waals surface area contributed by atoms with Crippen LogP contribution in [-0.2, 0) is 0 Å². The van der Waals surface area contributed by atoms with E-state index in [1.54, 1.807) is 13.3 Å². The third kappa shape index (κ3) is 2.23. The number of rotatable bonds is 2. The zero-order valence-corrected chi connectivity index (χ0v) is 11.7. The molecule has 2 heterocycles. The molecule has 2 unspecified atom stereocenters. The SMILES string of the molecule is COc1ccc2c(c1)OC(c1cnccc1C)CC2N. The molecule has 4 nitrogen and oxygen atoms in total. The lowest BCUT2D eigenvalue weighted by molar-refractivity contribution is 0.160. The maximum absolute atomic E-state index is 6.27. The second kappa shape index (κ2) is 5.13. The van der Waals surface area contributed by atoms with Crippen LogP contribution in [0, 0.1) is 6.92 Å². The van der Waals surface area contributed by atoms with Crippen LogP contribution in [0.1, 0.15) is 35.3 Å². The van der Waals surface area contributed by atoms with Crippen molar-refractivity contribution in [1.82, 2.24) is 4.98 Å². The Bertz CT molecular complexity index is 628. The zero-order chi connectivity index (χ0) is 14.1. The van der Waals surface area contributed by atoms with Gasteiger partial charge in [0.25, 0.3) is 0 Å². The molecule has 1 aliphatic heterocycles. The molecule has 2 aromatic rings. The van der Waals surface area contributed by atoms with Gasteiger partial charge in [0.2, 0.25) is 0 Å². The molecule has 20 heavy (non-hydrogen) atoms. The standard InChI is InChI=1S/C16H18N2O2/c1-10-5-6-18-9-13(10)16-8-14(17)12-4-3-11(19-2)7-15(12)20-16/h3-7,9,14,16H,8,17H2,1-2H3. The Morgan fingerprint density at radius 2 is 2.15 bits per heavy atom. The van der Waals surface area contributed by atoms with Crippen molar-refractivity contribution in [1.29, 1.82) is 0 Å². The molecule has 4 heteroatoms. The molecule has 0 bridgehead atoms. The number of nitrogens with zero attached hydrogens (tertiary/aromatic N) is 1. The summed E-state index contributed by atoms with van der Waals surface area (Å²) in [6.07, 6.45) is 4.35. The first-order valence-electron chi connectivity index (χ1n) is 6.69. The summed E-state index contributed by atoms with van der Waals surface area (Å²) >= 11 is 0. The van der Waals surface area contributed by atoms with Gasteiger partial charge >= 0.3 is 0 Å². The van der Waals surface area contributed by atoms with Crippen molar-refractivity contribution in [3.05, 3.63) is 53.3 Å². The lowest BCUT2D eigenvalue weighted by Crippen LogP contribution is -2.24. The van der Waals surface area contributed by atoms with E-state index in [4.69, 9.17) is 15.2 Å². The Kier molecular flexibility index (Phi) is 3.32. The predicted octanol–water partition coefficient (Wildman–Crippen LogP) is 2.92. The highest BCUT2D eigenvalue weighted by Gasteiger charge is 2.28. The summed E-state index contributed by atoms with van der Waals surface area (Å²) in [5, 5.41) is 0. The Morgan fingerprint density at radius 1 is 1.30 bits per heavy atom. The molecule has 0 fully saturated rings. The van der Waals surface area contributed by atoms with E-state index in [2.05, 4.69) is 11.9 Å². The van der Waals surface area contributed by atoms with Crippen LogP contribution in [0.15, 0.2) is 36.7 Å². The van der Waals surface area contributed by atoms with Crippen LogP contribution in [0.5, 0.6) is 11.5 Å². The van der Waals surface area contributed by atoms with E-state index in [1.165, 1.54) is 5.56 Å². The summed E-state index contributed by atoms with van der Waals surface area (Å²) < 4.78 is 11.4. The van der Waals surface area contributed by atoms with Crippen LogP contribution in [0.2, 0.25) is 0 Å². The van der Waals surface area contributed by atoms with E-state index in [9.17, 15) is 0 Å². The molecule has 1 aromatic carbocycles. The predicted molar refractivity (Wildman–Crippen MR) is 76.9 cm³/mol. The number of nitrogens with two attached hydrogens (primary N) is 1. The van der Waals surface area contributed by atoms with E-state index < -0.39 is 0 Å². The van der Waals surface area contributed by atoms with Gasteiger partial charge in [0.1, 0.15) is 17.6 Å². The first kappa shape index (κ1) is 12.9. The quantitative estimate of drug-likeness (QED) is 0.911. The number of pyridine rings is 1. The number of aromatic nitrogens is 1. The van der Waals surface area contributed by atoms with Gasteiger partial charge in [0.15, 0.2) is 0 Å². The van der Waals surface area contributed by atoms with Gasteiger partial charge in [-0.15, -0.1) is 0 Å². The molecule has 0 saturated carbocycles. The summed E-state index contributed by atoms with van der Waals surface area (Å²) in [6.45, 7) is 2.06. The normalized spacial score (nSPS) is 20.9. The molecule has 0 spiro atoms. The lowest BCUT2D eigenvalue weighted by atomic mass is 9.92. The largest absolute Gasteiger partial charge is 0.497 e. The molecule has 0 radical (unpaired) electrons. The van der Waals surface area contributed by atoms with Crippen molar-refractivity contribution in [2.75, 3.05) is 7.11 Å². The molecule has 2 atom stereocenters. The molecule has 1 aromatic heterocycles. The van der Waals surface area contributed by atoms with Gasteiger partial charge in [-0.25, -0.2) is 0 Å². The number of aryl methyl sites for hydroxylation is 1. The van der Waals surface area contributed by atoms with E-state index in [0.29, 0.717) is 0 Å². The highest BCUT2D eigenvalue weighted by molar-refractivity contribution is 5.44. The minimum absolute atomic E-state index is 0.0331. The molecule has 0 saturated heterocycles. The summed E-state index contributed by atoms with van der Waals surface area (Å²) in [7, 11) is 1.65. The molecule has 2 N–H and O–H groups in total. The minimum atomic E-state index is -0.0571. The van der Waals surface area contributed by atoms with Gasteiger partial charge in [-0.05, 0) is 24.6 Å². The number of benzene rings is 1. The second-order valence-corrected chi connectivity index (χ2v) is 5.08. The molecule has 1 aliphatic rings. The van der Waals surface area contributed by atoms with Gasteiger partial charge in [-0.1, -0.05) is 6.07 Å². The number of hydrogen-bond donors (Lipinski definition) is 1. The third-order valence-electron chi connectivity index (χ3n) is 3.78. The van der Waals surface area contributed by atoms with Gasteiger partial charge in [-0.3, -0.25) is 4.98 Å². The summed E-state index contributed by atoms with van der Waals surface area (Å²) in [4.78, 5) is 4.19. The van der Waals surface area contributed by atoms with Crippen LogP contribution in [0.3, 0.4) is 0 Å². The van der Waals surface area contributed by atoms with E-state index in [1.807, 2.05) is 30.5 Å². The van der Waals surface area contributed by atoms with Crippen LogP contribution < -0.4 is 15.2 Å². The maximum Gasteiger partial charge on any atom is 0.128 e. The van der Waals surface area contributed by atoms with Crippen molar-refractivity contribution in [3.8, 4) is 11.5 Å². The Labute approximate surface area is 118 Å². The van der Waals surface area contributed by atoms with Gasteiger partial charge in [0, 0.05) is 42.0 Å². The molecular formula is C16H18N2O2. The van der Waals surface area contributed by atoms with Crippen molar-refractivity contribution in [2.45, 2.75) is 25.5 Å². The minimum Gasteiger partial charge on any atom is -0.497 e. The highest BCUT2D eigenvalue weighted by Crippen LogP contribution is 2.41. The maximum atomic E-state index is 6.27. The van der Waals surface area contributed by atoms with Crippen molar-refractivity contribution in [2.24, 2.45) is 5.73 Å². The molecule has 104 valence electrons. The Balaban J connectivity index is 1.97. The number of ether oxygens (including phenoxy) is 2. The fourth-order valence-corrected chi connectivity index (χ4v) is 2.61. The fraction of sp³-hybridized carbons (Fsp3) is 0.312. The van der Waals surface area contributed by atoms with Crippen molar-refractivity contribution in [3.63, 3.8) is 0 Å². The smallest absolute Gasteiger partial charge is 0.128 e. The third-order valence-corrected chi connectivity index (χ3v) is 3.78. The monoisotopic (exact) mass is 270 g/mol. The lowest BCUT2D eigenvalue weighted by Gasteiger charge is -2.31. The first-order chi connectivity index (χ1) is 9.69. The topological polar surface area (TPSA) is 57.4 Å². The number of hydrogen-bond acceptors (Lipinski definition) is 4. The Hall–Kier alpha value is -2.07. The number of fused-ring (bicyclic) bond motifs is 1. The first-order valence-corrected chi connectivity index (χ1v) is 6.69. The van der Waals surface area contributed by atoms with Crippen LogP contribution in [0.25, 0.3) is 0 Å². The average molecular weight is 270 g/mol. The molecule has 0 amide bonds. The van der Waals surface area contributed by atoms with Crippen LogP contribution in [0.4, 0.5) is 0 Å². The number of methoxy groups -OCH3 is 1. The molecular weight excluding hydrogens is 252 g/mol. The van der Waals surface area contributed by atoms with E-state index in [0.717, 1.165) is 29.0 Å². The average Bonchev–Trinajstić information content (AvgIpc) is 2.47. The fourth-order valence-electron chi connectivity index (χ4n) is 2.61. The Morgan fingerprint density at radius 3 is 2.90 bits per heavy atom. The van der Waals surface area contributed by atoms with Crippen molar-refractivity contribution < 1.29 is 9.47 Å². The van der Waals surface area contributed by atoms with Gasteiger partial charge in [-0.2, -0.15) is 0 Å². The summed E-state index contributed by atoms with van der Waals surface area (Å²) in [5.41, 5.74) is 9.57. The van der Waals surface area contributed by atoms with E-state index in [-0.39, 0.29) is 12.1 Å². The second-order valence-electron chi connectivity index (χ2n) is 5.08. The van der Waals surface area contributed by atoms with Crippen LogP contribution in [-0.4, -0.2) is 12.1 Å². The zero-order valence-electron chi connectivity index (χ0n) is 11.7. The molecule has 0 aliphatic carbocycles. The van der Waals surface area contributed by atoms with E-state index >= 15 is 0 Å². The highest BCUT2D eigenvalue weighted by atomic mass is 16.5. The van der Waals surface area contributed by atoms with Gasteiger partial charge < -0.3 is 15.2 Å². The summed E-state index contributed by atoms with van der Waals surface area (Å²) in [5.74, 6) is 1.58. The molecule has 3 rings (SSSR count).